The van der Waals surface area contributed by atoms with Crippen molar-refractivity contribution in [2.75, 3.05) is 0 Å². The Labute approximate surface area is 159 Å². The van der Waals surface area contributed by atoms with Crippen molar-refractivity contribution in [3.63, 3.8) is 0 Å². The second-order valence-corrected chi connectivity index (χ2v) is 6.23. The van der Waals surface area contributed by atoms with Crippen molar-refractivity contribution >= 4 is 29.3 Å². The molecule has 0 atom stereocenters. The molecule has 6 nitrogen and oxygen atoms in total. The molecule has 0 aliphatic heterocycles. The first-order valence-electron chi connectivity index (χ1n) is 7.61. The average molecular weight is 393 g/mol. The molecule has 1 heterocycles. The molecule has 3 aromatic rings. The van der Waals surface area contributed by atoms with Gasteiger partial charge in [0.1, 0.15) is 18.1 Å². The Bertz CT molecular complexity index is 910. The van der Waals surface area contributed by atoms with E-state index >= 15 is 0 Å². The van der Waals surface area contributed by atoms with Gasteiger partial charge in [-0.15, -0.1) is 0 Å². The molecule has 0 aliphatic rings. The second kappa shape index (κ2) is 8.12. The topological polar surface area (TPSA) is 84.6 Å². The van der Waals surface area contributed by atoms with E-state index in [2.05, 4.69) is 10.5 Å². The fraction of sp³-hybridized carbons (Fsp3) is 0.111. The Morgan fingerprint density at radius 3 is 2.65 bits per heavy atom. The first kappa shape index (κ1) is 18.1. The van der Waals surface area contributed by atoms with Crippen LogP contribution in [0, 0.1) is 0 Å². The van der Waals surface area contributed by atoms with Crippen LogP contribution in [0.4, 0.5) is 4.79 Å². The molecule has 2 aromatic carbocycles. The summed E-state index contributed by atoms with van der Waals surface area (Å²) in [5, 5.41) is 15.9. The lowest BCUT2D eigenvalue weighted by atomic mass is 10.1. The Morgan fingerprint density at radius 2 is 1.92 bits per heavy atom. The minimum absolute atomic E-state index is 0.0594. The van der Waals surface area contributed by atoms with Crippen molar-refractivity contribution < 1.29 is 19.2 Å². The number of benzene rings is 2. The van der Waals surface area contributed by atoms with Crippen molar-refractivity contribution in [3.05, 3.63) is 69.9 Å². The zero-order valence-electron chi connectivity index (χ0n) is 13.4. The molecule has 0 aliphatic carbocycles. The molecule has 0 unspecified atom stereocenters. The third-order valence-electron chi connectivity index (χ3n) is 3.52. The van der Waals surface area contributed by atoms with E-state index in [4.69, 9.17) is 37.6 Å². The van der Waals surface area contributed by atoms with Gasteiger partial charge >= 0.3 is 6.09 Å². The van der Waals surface area contributed by atoms with Gasteiger partial charge in [-0.3, -0.25) is 0 Å². The van der Waals surface area contributed by atoms with E-state index in [0.29, 0.717) is 33.9 Å². The van der Waals surface area contributed by atoms with Crippen molar-refractivity contribution in [2.45, 2.75) is 13.2 Å². The molecule has 2 N–H and O–H groups in total. The number of ether oxygens (including phenoxy) is 1. The predicted octanol–water partition coefficient (Wildman–Crippen LogP) is 5.00. The molecular weight excluding hydrogens is 379 g/mol. The third-order valence-corrected chi connectivity index (χ3v) is 4.13. The van der Waals surface area contributed by atoms with Gasteiger partial charge in [-0.1, -0.05) is 28.4 Å². The highest BCUT2D eigenvalue weighted by atomic mass is 35.5. The van der Waals surface area contributed by atoms with Gasteiger partial charge in [-0.2, -0.15) is 0 Å². The van der Waals surface area contributed by atoms with Crippen LogP contribution in [0.15, 0.2) is 53.1 Å². The van der Waals surface area contributed by atoms with Crippen LogP contribution in [0.2, 0.25) is 10.0 Å². The second-order valence-electron chi connectivity index (χ2n) is 5.39. The number of rotatable bonds is 6. The molecule has 0 saturated carbocycles. The quantitative estimate of drug-likeness (QED) is 0.616. The van der Waals surface area contributed by atoms with E-state index in [9.17, 15) is 4.79 Å². The van der Waals surface area contributed by atoms with E-state index in [1.54, 1.807) is 36.4 Å². The van der Waals surface area contributed by atoms with Crippen LogP contribution in [-0.2, 0) is 13.2 Å². The lowest BCUT2D eigenvalue weighted by Crippen LogP contribution is -2.19. The standard InChI is InChI=1S/C18H14Cl2N2O4/c19-13-3-6-16(20)12(7-13)10-25-14-4-1-11(2-5-14)17-8-15(26-22-17)9-21-18(23)24/h1-8,21H,9-10H2,(H,23,24). The SMILES string of the molecule is O=C(O)NCc1cc(-c2ccc(OCc3cc(Cl)ccc3Cl)cc2)no1. The highest BCUT2D eigenvalue weighted by Crippen LogP contribution is 2.25. The maximum atomic E-state index is 10.5. The van der Waals surface area contributed by atoms with Gasteiger partial charge < -0.3 is 19.7 Å². The van der Waals surface area contributed by atoms with Crippen LogP contribution < -0.4 is 10.1 Å². The molecule has 8 heteroatoms. The molecule has 0 bridgehead atoms. The number of nitrogens with zero attached hydrogens (tertiary/aromatic N) is 1. The van der Waals surface area contributed by atoms with Crippen LogP contribution in [0.1, 0.15) is 11.3 Å². The normalized spacial score (nSPS) is 10.5. The largest absolute Gasteiger partial charge is 0.489 e. The molecule has 0 saturated heterocycles. The minimum atomic E-state index is -1.12. The van der Waals surface area contributed by atoms with Crippen LogP contribution in [0.5, 0.6) is 5.75 Å². The smallest absolute Gasteiger partial charge is 0.405 e. The molecule has 0 fully saturated rings. The van der Waals surface area contributed by atoms with E-state index < -0.39 is 6.09 Å². The highest BCUT2D eigenvalue weighted by molar-refractivity contribution is 6.33. The van der Waals surface area contributed by atoms with Crippen LogP contribution in [-0.4, -0.2) is 16.4 Å². The molecule has 26 heavy (non-hydrogen) atoms. The number of hydrogen-bond acceptors (Lipinski definition) is 4. The van der Waals surface area contributed by atoms with E-state index in [-0.39, 0.29) is 6.54 Å². The van der Waals surface area contributed by atoms with Crippen molar-refractivity contribution in [1.82, 2.24) is 10.5 Å². The van der Waals surface area contributed by atoms with Gasteiger partial charge in [-0.05, 0) is 42.5 Å². The van der Waals surface area contributed by atoms with E-state index in [0.717, 1.165) is 11.1 Å². The summed E-state index contributed by atoms with van der Waals surface area (Å²) >= 11 is 12.1. The highest BCUT2D eigenvalue weighted by Gasteiger charge is 2.08. The van der Waals surface area contributed by atoms with Crippen LogP contribution in [0.3, 0.4) is 0 Å². The molecule has 3 rings (SSSR count). The Kier molecular flexibility index (Phi) is 5.65. The Morgan fingerprint density at radius 1 is 1.15 bits per heavy atom. The van der Waals surface area contributed by atoms with Gasteiger partial charge in [0.25, 0.3) is 0 Å². The summed E-state index contributed by atoms with van der Waals surface area (Å²) in [5.74, 6) is 1.10. The number of carboxylic acid groups (broad SMARTS) is 1. The van der Waals surface area contributed by atoms with Gasteiger partial charge in [0.05, 0.1) is 6.54 Å². The molecule has 134 valence electrons. The maximum Gasteiger partial charge on any atom is 0.405 e. The Hall–Kier alpha value is -2.70. The average Bonchev–Trinajstić information content (AvgIpc) is 3.10. The van der Waals surface area contributed by atoms with Crippen molar-refractivity contribution in [2.24, 2.45) is 0 Å². The van der Waals surface area contributed by atoms with Crippen LogP contribution in [0.25, 0.3) is 11.3 Å². The van der Waals surface area contributed by atoms with Crippen molar-refractivity contribution in [1.29, 1.82) is 0 Å². The summed E-state index contributed by atoms with van der Waals surface area (Å²) in [6.07, 6.45) is -1.12. The summed E-state index contributed by atoms with van der Waals surface area (Å²) < 4.78 is 10.8. The first-order valence-corrected chi connectivity index (χ1v) is 8.36. The summed E-state index contributed by atoms with van der Waals surface area (Å²) in [5.41, 5.74) is 2.23. The summed E-state index contributed by atoms with van der Waals surface area (Å²) in [6, 6.07) is 14.2. The van der Waals surface area contributed by atoms with E-state index in [1.165, 1.54) is 0 Å². The van der Waals surface area contributed by atoms with E-state index in [1.807, 2.05) is 12.1 Å². The van der Waals surface area contributed by atoms with Gasteiger partial charge in [0, 0.05) is 27.2 Å². The molecule has 0 radical (unpaired) electrons. The fourth-order valence-corrected chi connectivity index (χ4v) is 2.60. The molecular formula is C18H14Cl2N2O4. The Balaban J connectivity index is 1.63. The molecule has 1 aromatic heterocycles. The summed E-state index contributed by atoms with van der Waals surface area (Å²) in [4.78, 5) is 10.5. The van der Waals surface area contributed by atoms with Gasteiger partial charge in [-0.25, -0.2) is 4.79 Å². The maximum absolute atomic E-state index is 10.5. The number of halogens is 2. The van der Waals surface area contributed by atoms with Crippen molar-refractivity contribution in [3.8, 4) is 17.0 Å². The van der Waals surface area contributed by atoms with Gasteiger partial charge in [0.15, 0.2) is 5.76 Å². The number of hydrogen-bond donors (Lipinski definition) is 2. The summed E-state index contributed by atoms with van der Waals surface area (Å²) in [6.45, 7) is 0.359. The molecule has 1 amide bonds. The first-order chi connectivity index (χ1) is 12.5. The van der Waals surface area contributed by atoms with Crippen LogP contribution >= 0.6 is 23.2 Å². The number of amides is 1. The predicted molar refractivity (Wildman–Crippen MR) is 97.6 cm³/mol. The summed E-state index contributed by atoms with van der Waals surface area (Å²) in [7, 11) is 0. The van der Waals surface area contributed by atoms with Gasteiger partial charge in [0.2, 0.25) is 0 Å². The number of carbonyl (C=O) groups is 1. The number of nitrogens with one attached hydrogen (secondary N) is 1. The fourth-order valence-electron chi connectivity index (χ4n) is 2.23. The minimum Gasteiger partial charge on any atom is -0.489 e. The zero-order valence-corrected chi connectivity index (χ0v) is 14.9. The molecule has 0 spiro atoms. The lowest BCUT2D eigenvalue weighted by molar-refractivity contribution is 0.192. The lowest BCUT2D eigenvalue weighted by Gasteiger charge is -2.08. The monoisotopic (exact) mass is 392 g/mol. The number of aromatic nitrogens is 1. The third kappa shape index (κ3) is 4.68. The zero-order chi connectivity index (χ0) is 18.5.